The maximum Gasteiger partial charge on any atom is 0.228 e. The highest BCUT2D eigenvalue weighted by Gasteiger charge is 2.09. The van der Waals surface area contributed by atoms with Crippen molar-refractivity contribution in [2.45, 2.75) is 6.42 Å². The van der Waals surface area contributed by atoms with Crippen LogP contribution in [0.5, 0.6) is 0 Å². The van der Waals surface area contributed by atoms with Crippen LogP contribution in [0.1, 0.15) is 5.89 Å². The lowest BCUT2D eigenvalue weighted by Crippen LogP contribution is -2.10. The second-order valence-corrected chi connectivity index (χ2v) is 5.43. The van der Waals surface area contributed by atoms with E-state index in [4.69, 9.17) is 4.52 Å². The van der Waals surface area contributed by atoms with E-state index in [0.29, 0.717) is 11.7 Å². The second kappa shape index (κ2) is 4.87. The van der Waals surface area contributed by atoms with Gasteiger partial charge in [-0.05, 0) is 35.1 Å². The zero-order valence-corrected chi connectivity index (χ0v) is 10.6. The molecule has 0 radical (unpaired) electrons. The highest BCUT2D eigenvalue weighted by atomic mass is 79.9. The standard InChI is InChI=1S/C9H10BrN3OS/c1-11-5-4-8-12-9(13-14-8)6-2-3-7(10)15-6/h2-3,11H,4-5H2,1H3. The van der Waals surface area contributed by atoms with Crippen molar-refractivity contribution in [2.75, 3.05) is 13.6 Å². The van der Waals surface area contributed by atoms with Gasteiger partial charge in [0.25, 0.3) is 0 Å². The Bertz CT molecular complexity index is 440. The lowest BCUT2D eigenvalue weighted by Gasteiger charge is -1.90. The molecule has 1 N–H and O–H groups in total. The molecule has 0 aliphatic heterocycles. The summed E-state index contributed by atoms with van der Waals surface area (Å²) in [6.45, 7) is 0.843. The summed E-state index contributed by atoms with van der Waals surface area (Å²) in [5.41, 5.74) is 0. The van der Waals surface area contributed by atoms with Crippen LogP contribution in [0.3, 0.4) is 0 Å². The third-order valence-electron chi connectivity index (χ3n) is 1.85. The van der Waals surface area contributed by atoms with E-state index >= 15 is 0 Å². The summed E-state index contributed by atoms with van der Waals surface area (Å²) < 4.78 is 6.19. The van der Waals surface area contributed by atoms with Crippen LogP contribution in [0.4, 0.5) is 0 Å². The van der Waals surface area contributed by atoms with Crippen molar-refractivity contribution >= 4 is 27.3 Å². The van der Waals surface area contributed by atoms with E-state index < -0.39 is 0 Å². The average molecular weight is 288 g/mol. The van der Waals surface area contributed by atoms with Crippen LogP contribution in [0.2, 0.25) is 0 Å². The first-order valence-electron chi connectivity index (χ1n) is 4.52. The Morgan fingerprint density at radius 2 is 2.40 bits per heavy atom. The molecule has 0 aliphatic carbocycles. The Kier molecular flexibility index (Phi) is 3.50. The Morgan fingerprint density at radius 3 is 3.07 bits per heavy atom. The molecule has 2 aromatic rings. The molecule has 4 nitrogen and oxygen atoms in total. The lowest BCUT2D eigenvalue weighted by atomic mass is 10.4. The number of halogens is 1. The Labute approximate surface area is 99.8 Å². The Morgan fingerprint density at radius 1 is 1.53 bits per heavy atom. The molecule has 0 aromatic carbocycles. The summed E-state index contributed by atoms with van der Waals surface area (Å²) in [7, 11) is 1.90. The van der Waals surface area contributed by atoms with Crippen LogP contribution in [-0.4, -0.2) is 23.7 Å². The predicted octanol–water partition coefficient (Wildman–Crippen LogP) is 2.32. The van der Waals surface area contributed by atoms with Crippen LogP contribution < -0.4 is 5.32 Å². The first-order chi connectivity index (χ1) is 7.29. The van der Waals surface area contributed by atoms with E-state index in [9.17, 15) is 0 Å². The molecule has 6 heteroatoms. The quantitative estimate of drug-likeness (QED) is 0.938. The number of thiophene rings is 1. The molecule has 0 saturated carbocycles. The van der Waals surface area contributed by atoms with Crippen molar-refractivity contribution in [1.29, 1.82) is 0 Å². The van der Waals surface area contributed by atoms with Crippen LogP contribution in [0.15, 0.2) is 20.4 Å². The number of nitrogens with zero attached hydrogens (tertiary/aromatic N) is 2. The number of aromatic nitrogens is 2. The number of nitrogens with one attached hydrogen (secondary N) is 1. The zero-order valence-electron chi connectivity index (χ0n) is 8.16. The molecule has 0 atom stereocenters. The van der Waals surface area contributed by atoms with Gasteiger partial charge in [-0.15, -0.1) is 11.3 Å². The minimum absolute atomic E-state index is 0.664. The van der Waals surface area contributed by atoms with Crippen LogP contribution in [-0.2, 0) is 6.42 Å². The van der Waals surface area contributed by atoms with Gasteiger partial charge in [0.2, 0.25) is 11.7 Å². The molecule has 2 heterocycles. The largest absolute Gasteiger partial charge is 0.339 e. The summed E-state index contributed by atoms with van der Waals surface area (Å²) in [4.78, 5) is 5.32. The van der Waals surface area contributed by atoms with E-state index in [0.717, 1.165) is 21.6 Å². The monoisotopic (exact) mass is 287 g/mol. The molecule has 0 amide bonds. The molecule has 0 bridgehead atoms. The van der Waals surface area contributed by atoms with Crippen molar-refractivity contribution in [2.24, 2.45) is 0 Å². The number of hydrogen-bond donors (Lipinski definition) is 1. The summed E-state index contributed by atoms with van der Waals surface area (Å²) in [6, 6.07) is 3.95. The van der Waals surface area contributed by atoms with E-state index in [1.807, 2.05) is 19.2 Å². The van der Waals surface area contributed by atoms with Crippen molar-refractivity contribution < 1.29 is 4.52 Å². The average Bonchev–Trinajstić information content (AvgIpc) is 2.83. The Hall–Kier alpha value is -0.720. The number of hydrogen-bond acceptors (Lipinski definition) is 5. The van der Waals surface area contributed by atoms with Crippen molar-refractivity contribution in [3.05, 3.63) is 21.8 Å². The molecular weight excluding hydrogens is 278 g/mol. The molecule has 0 saturated heterocycles. The highest BCUT2D eigenvalue weighted by molar-refractivity contribution is 9.11. The van der Waals surface area contributed by atoms with Gasteiger partial charge in [0, 0.05) is 13.0 Å². The first kappa shape index (κ1) is 10.8. The second-order valence-electron chi connectivity index (χ2n) is 2.97. The molecule has 15 heavy (non-hydrogen) atoms. The molecule has 0 unspecified atom stereocenters. The topological polar surface area (TPSA) is 51.0 Å². The van der Waals surface area contributed by atoms with Crippen molar-refractivity contribution in [3.8, 4) is 10.7 Å². The van der Waals surface area contributed by atoms with Gasteiger partial charge in [-0.1, -0.05) is 5.16 Å². The summed E-state index contributed by atoms with van der Waals surface area (Å²) >= 11 is 4.99. The van der Waals surface area contributed by atoms with Gasteiger partial charge in [-0.3, -0.25) is 0 Å². The van der Waals surface area contributed by atoms with E-state index in [1.165, 1.54) is 0 Å². The summed E-state index contributed by atoms with van der Waals surface area (Å²) in [6.07, 6.45) is 0.760. The van der Waals surface area contributed by atoms with Crippen LogP contribution in [0, 0.1) is 0 Å². The Balaban J connectivity index is 2.13. The van der Waals surface area contributed by atoms with E-state index in [2.05, 4.69) is 31.4 Å². The fourth-order valence-corrected chi connectivity index (χ4v) is 2.43. The zero-order chi connectivity index (χ0) is 10.7. The van der Waals surface area contributed by atoms with Crippen molar-refractivity contribution in [1.82, 2.24) is 15.5 Å². The van der Waals surface area contributed by atoms with E-state index in [-0.39, 0.29) is 0 Å². The van der Waals surface area contributed by atoms with Gasteiger partial charge in [-0.25, -0.2) is 0 Å². The van der Waals surface area contributed by atoms with Gasteiger partial charge in [-0.2, -0.15) is 4.98 Å². The SMILES string of the molecule is CNCCc1nc(-c2ccc(Br)s2)no1. The lowest BCUT2D eigenvalue weighted by molar-refractivity contribution is 0.378. The number of rotatable bonds is 4. The molecule has 2 aromatic heterocycles. The minimum Gasteiger partial charge on any atom is -0.339 e. The van der Waals surface area contributed by atoms with Gasteiger partial charge >= 0.3 is 0 Å². The molecule has 2 rings (SSSR count). The predicted molar refractivity (Wildman–Crippen MR) is 62.9 cm³/mol. The maximum absolute atomic E-state index is 5.12. The molecule has 0 spiro atoms. The summed E-state index contributed by atoms with van der Waals surface area (Å²) in [5, 5.41) is 6.97. The third kappa shape index (κ3) is 2.64. The fraction of sp³-hybridized carbons (Fsp3) is 0.333. The summed E-state index contributed by atoms with van der Waals surface area (Å²) in [5.74, 6) is 1.33. The van der Waals surface area contributed by atoms with Gasteiger partial charge < -0.3 is 9.84 Å². The van der Waals surface area contributed by atoms with Gasteiger partial charge in [0.1, 0.15) is 0 Å². The van der Waals surface area contributed by atoms with Crippen LogP contribution >= 0.6 is 27.3 Å². The van der Waals surface area contributed by atoms with E-state index in [1.54, 1.807) is 11.3 Å². The maximum atomic E-state index is 5.12. The van der Waals surface area contributed by atoms with Crippen LogP contribution in [0.25, 0.3) is 10.7 Å². The third-order valence-corrected chi connectivity index (χ3v) is 3.47. The smallest absolute Gasteiger partial charge is 0.228 e. The van der Waals surface area contributed by atoms with Gasteiger partial charge in [0.05, 0.1) is 8.66 Å². The molecule has 0 aliphatic rings. The highest BCUT2D eigenvalue weighted by Crippen LogP contribution is 2.29. The minimum atomic E-state index is 0.664. The van der Waals surface area contributed by atoms with Crippen molar-refractivity contribution in [3.63, 3.8) is 0 Å². The molecule has 80 valence electrons. The first-order valence-corrected chi connectivity index (χ1v) is 6.13. The molecule has 0 fully saturated rings. The fourth-order valence-electron chi connectivity index (χ4n) is 1.12. The van der Waals surface area contributed by atoms with Gasteiger partial charge in [0.15, 0.2) is 0 Å². The molecular formula is C9H10BrN3OS. The number of likely N-dealkylation sites (N-methyl/N-ethyl adjacent to an activating group) is 1. The normalized spacial score (nSPS) is 10.8.